The van der Waals surface area contributed by atoms with Crippen molar-refractivity contribution in [2.45, 2.75) is 37.2 Å². The summed E-state index contributed by atoms with van der Waals surface area (Å²) in [5.41, 5.74) is 2.65. The number of nitrogens with zero attached hydrogens (tertiary/aromatic N) is 1. The third-order valence-corrected chi connectivity index (χ3v) is 5.67. The lowest BCUT2D eigenvalue weighted by atomic mass is 9.94. The summed E-state index contributed by atoms with van der Waals surface area (Å²) in [4.78, 5) is 4.59. The van der Waals surface area contributed by atoms with Gasteiger partial charge in [-0.3, -0.25) is 4.98 Å². The van der Waals surface area contributed by atoms with Crippen molar-refractivity contribution in [2.75, 3.05) is 5.08 Å². The standard InChI is InChI=1S/C12H17NS2/c1-11(2)9-6-5-7-13-10(9)12(3,4)15-8-14-11/h5-7H,8H2,1-4H3. The Labute approximate surface area is 100 Å². The smallest absolute Gasteiger partial charge is 0.0604 e. The molecule has 3 heteroatoms. The van der Waals surface area contributed by atoms with E-state index in [4.69, 9.17) is 0 Å². The zero-order chi connectivity index (χ0) is 11.1. The predicted molar refractivity (Wildman–Crippen MR) is 70.3 cm³/mol. The maximum atomic E-state index is 4.59. The van der Waals surface area contributed by atoms with E-state index < -0.39 is 0 Å². The second-order valence-corrected chi connectivity index (χ2v) is 8.39. The van der Waals surface area contributed by atoms with Crippen LogP contribution in [0.15, 0.2) is 18.3 Å². The van der Waals surface area contributed by atoms with E-state index in [1.54, 1.807) is 0 Å². The third-order valence-electron chi connectivity index (χ3n) is 2.87. The molecule has 82 valence electrons. The summed E-state index contributed by atoms with van der Waals surface area (Å²) >= 11 is 4.00. The Balaban J connectivity index is 2.61. The Morgan fingerprint density at radius 2 is 1.80 bits per heavy atom. The average Bonchev–Trinajstić information content (AvgIpc) is 2.24. The summed E-state index contributed by atoms with van der Waals surface area (Å²) < 4.78 is 0.321. The molecular weight excluding hydrogens is 222 g/mol. The maximum Gasteiger partial charge on any atom is 0.0604 e. The molecule has 0 amide bonds. The molecule has 1 aromatic heterocycles. The van der Waals surface area contributed by atoms with Gasteiger partial charge in [-0.05, 0) is 39.3 Å². The molecule has 0 fully saturated rings. The molecule has 0 aliphatic carbocycles. The zero-order valence-corrected chi connectivity index (χ0v) is 11.3. The van der Waals surface area contributed by atoms with Crippen molar-refractivity contribution < 1.29 is 0 Å². The number of fused-ring (bicyclic) bond motifs is 1. The Kier molecular flexibility index (Phi) is 2.80. The topological polar surface area (TPSA) is 12.9 Å². The zero-order valence-electron chi connectivity index (χ0n) is 9.70. The molecule has 15 heavy (non-hydrogen) atoms. The number of hydrogen-bond donors (Lipinski definition) is 0. The average molecular weight is 239 g/mol. The molecule has 0 radical (unpaired) electrons. The summed E-state index contributed by atoms with van der Waals surface area (Å²) in [6.45, 7) is 9.12. The van der Waals surface area contributed by atoms with Crippen LogP contribution in [-0.4, -0.2) is 10.1 Å². The van der Waals surface area contributed by atoms with Crippen LogP contribution in [0.5, 0.6) is 0 Å². The molecular formula is C12H17NS2. The van der Waals surface area contributed by atoms with Gasteiger partial charge in [0.05, 0.1) is 10.4 Å². The SMILES string of the molecule is CC1(C)SCSC(C)(C)c2ncccc21. The van der Waals surface area contributed by atoms with Crippen molar-refractivity contribution in [3.05, 3.63) is 29.6 Å². The Hall–Kier alpha value is -0.150. The third kappa shape index (κ3) is 2.04. The van der Waals surface area contributed by atoms with Crippen molar-refractivity contribution in [3.8, 4) is 0 Å². The summed E-state index contributed by atoms with van der Waals surface area (Å²) in [5.74, 6) is 0. The quantitative estimate of drug-likeness (QED) is 0.679. The lowest BCUT2D eigenvalue weighted by Gasteiger charge is -2.26. The molecule has 2 heterocycles. The van der Waals surface area contributed by atoms with E-state index >= 15 is 0 Å². The molecule has 0 aromatic carbocycles. The van der Waals surface area contributed by atoms with Gasteiger partial charge in [-0.25, -0.2) is 0 Å². The fraction of sp³-hybridized carbons (Fsp3) is 0.583. The maximum absolute atomic E-state index is 4.59. The van der Waals surface area contributed by atoms with Crippen LogP contribution in [0.4, 0.5) is 0 Å². The normalized spacial score (nSPS) is 22.9. The van der Waals surface area contributed by atoms with Gasteiger partial charge >= 0.3 is 0 Å². The molecule has 0 saturated carbocycles. The summed E-state index contributed by atoms with van der Waals surface area (Å²) in [5, 5.41) is 1.14. The Morgan fingerprint density at radius 3 is 2.53 bits per heavy atom. The molecule has 0 spiro atoms. The molecule has 0 saturated heterocycles. The van der Waals surface area contributed by atoms with Crippen LogP contribution in [-0.2, 0) is 9.49 Å². The van der Waals surface area contributed by atoms with Gasteiger partial charge in [0.25, 0.3) is 0 Å². The van der Waals surface area contributed by atoms with Crippen LogP contribution in [0.2, 0.25) is 0 Å². The first kappa shape index (κ1) is 11.3. The van der Waals surface area contributed by atoms with Gasteiger partial charge in [-0.2, -0.15) is 0 Å². The lowest BCUT2D eigenvalue weighted by molar-refractivity contribution is 0.690. The summed E-state index contributed by atoms with van der Waals surface area (Å²) in [6.07, 6.45) is 1.91. The van der Waals surface area contributed by atoms with Gasteiger partial charge in [0.1, 0.15) is 0 Å². The van der Waals surface area contributed by atoms with Crippen LogP contribution >= 0.6 is 23.5 Å². The highest BCUT2D eigenvalue weighted by Crippen LogP contribution is 2.50. The van der Waals surface area contributed by atoms with Gasteiger partial charge in [-0.15, -0.1) is 23.5 Å². The van der Waals surface area contributed by atoms with Gasteiger partial charge in [0.15, 0.2) is 0 Å². The van der Waals surface area contributed by atoms with Crippen molar-refractivity contribution in [1.29, 1.82) is 0 Å². The number of thioether (sulfide) groups is 2. The molecule has 1 nitrogen and oxygen atoms in total. The number of hydrogen-bond acceptors (Lipinski definition) is 3. The van der Waals surface area contributed by atoms with Crippen LogP contribution in [0.3, 0.4) is 0 Å². The van der Waals surface area contributed by atoms with E-state index in [-0.39, 0.29) is 9.49 Å². The molecule has 0 bridgehead atoms. The van der Waals surface area contributed by atoms with E-state index in [0.29, 0.717) is 0 Å². The minimum Gasteiger partial charge on any atom is -0.260 e. The number of aromatic nitrogens is 1. The highest BCUT2D eigenvalue weighted by atomic mass is 32.2. The van der Waals surface area contributed by atoms with Crippen LogP contribution in [0, 0.1) is 0 Å². The van der Waals surface area contributed by atoms with E-state index in [9.17, 15) is 0 Å². The molecule has 1 aliphatic heterocycles. The largest absolute Gasteiger partial charge is 0.260 e. The van der Waals surface area contributed by atoms with Gasteiger partial charge in [-0.1, -0.05) is 6.07 Å². The van der Waals surface area contributed by atoms with Gasteiger partial charge in [0, 0.05) is 16.0 Å². The Morgan fingerprint density at radius 1 is 1.13 bits per heavy atom. The fourth-order valence-corrected chi connectivity index (χ4v) is 5.05. The molecule has 0 N–H and O–H groups in total. The van der Waals surface area contributed by atoms with Crippen molar-refractivity contribution in [2.24, 2.45) is 0 Å². The van der Waals surface area contributed by atoms with Crippen LogP contribution < -0.4 is 0 Å². The highest BCUT2D eigenvalue weighted by Gasteiger charge is 2.36. The van der Waals surface area contributed by atoms with Gasteiger partial charge in [0.2, 0.25) is 0 Å². The van der Waals surface area contributed by atoms with E-state index in [1.165, 1.54) is 11.3 Å². The van der Waals surface area contributed by atoms with Crippen molar-refractivity contribution in [1.82, 2.24) is 4.98 Å². The lowest BCUT2D eigenvalue weighted by Crippen LogP contribution is -2.20. The fourth-order valence-electron chi connectivity index (χ4n) is 1.84. The van der Waals surface area contributed by atoms with Crippen LogP contribution in [0.1, 0.15) is 39.0 Å². The van der Waals surface area contributed by atoms with E-state index in [2.05, 4.69) is 38.7 Å². The van der Waals surface area contributed by atoms with Crippen molar-refractivity contribution >= 4 is 23.5 Å². The monoisotopic (exact) mass is 239 g/mol. The molecule has 0 atom stereocenters. The van der Waals surface area contributed by atoms with E-state index in [0.717, 1.165) is 5.08 Å². The first-order valence-electron chi connectivity index (χ1n) is 5.17. The van der Waals surface area contributed by atoms with E-state index in [1.807, 2.05) is 35.8 Å². The minimum absolute atomic E-state index is 0.136. The summed E-state index contributed by atoms with van der Waals surface area (Å²) in [7, 11) is 0. The first-order chi connectivity index (χ1) is 6.93. The molecule has 1 aromatic rings. The first-order valence-corrected chi connectivity index (χ1v) is 7.14. The number of rotatable bonds is 0. The van der Waals surface area contributed by atoms with Gasteiger partial charge < -0.3 is 0 Å². The Bertz CT molecular complexity index is 337. The number of pyridine rings is 1. The second-order valence-electron chi connectivity index (χ2n) is 4.83. The molecule has 2 rings (SSSR count). The van der Waals surface area contributed by atoms with Crippen LogP contribution in [0.25, 0.3) is 0 Å². The highest BCUT2D eigenvalue weighted by molar-refractivity contribution is 8.16. The molecule has 0 unspecified atom stereocenters. The predicted octanol–water partition coefficient (Wildman–Crippen LogP) is 3.99. The summed E-state index contributed by atoms with van der Waals surface area (Å²) in [6, 6.07) is 4.27. The minimum atomic E-state index is 0.136. The van der Waals surface area contributed by atoms with Crippen molar-refractivity contribution in [3.63, 3.8) is 0 Å². The second kappa shape index (κ2) is 3.70. The molecule has 1 aliphatic rings.